The molecule has 5 heteroatoms. The van der Waals surface area contributed by atoms with Crippen LogP contribution in [0.2, 0.25) is 0 Å². The molecule has 0 N–H and O–H groups in total. The van der Waals surface area contributed by atoms with Crippen molar-refractivity contribution in [3.05, 3.63) is 0 Å². The van der Waals surface area contributed by atoms with Gasteiger partial charge in [-0.2, -0.15) is 4.89 Å². The first-order valence-electron chi connectivity index (χ1n) is 7.14. The van der Waals surface area contributed by atoms with Crippen molar-refractivity contribution in [1.82, 2.24) is 0 Å². The summed E-state index contributed by atoms with van der Waals surface area (Å²) in [6.45, 7) is 10.2. The second-order valence-electron chi connectivity index (χ2n) is 5.32. The highest BCUT2D eigenvalue weighted by Crippen LogP contribution is 2.15. The van der Waals surface area contributed by atoms with Gasteiger partial charge in [-0.25, -0.2) is 9.68 Å². The van der Waals surface area contributed by atoms with Gasteiger partial charge in [-0.15, -0.1) is 0 Å². The molecule has 1 unspecified atom stereocenters. The molecule has 114 valence electrons. The lowest BCUT2D eigenvalue weighted by Gasteiger charge is -2.21. The second-order valence-corrected chi connectivity index (χ2v) is 5.32. The number of carbonyl (C=O) groups excluding carboxylic acids is 1. The Hall–Kier alpha value is -0.810. The Balaban J connectivity index is 3.70. The van der Waals surface area contributed by atoms with Gasteiger partial charge >= 0.3 is 6.16 Å². The number of rotatable bonds is 10. The van der Waals surface area contributed by atoms with Crippen molar-refractivity contribution < 1.29 is 24.3 Å². The van der Waals surface area contributed by atoms with E-state index in [-0.39, 0.29) is 0 Å². The maximum atomic E-state index is 11.3. The molecule has 0 fully saturated rings. The molecule has 0 aromatic carbocycles. The van der Waals surface area contributed by atoms with E-state index >= 15 is 0 Å². The van der Waals surface area contributed by atoms with E-state index in [4.69, 9.17) is 9.62 Å². The minimum Gasteiger partial charge on any atom is -0.426 e. The quantitative estimate of drug-likeness (QED) is 0.256. The highest BCUT2D eigenvalue weighted by atomic mass is 17.5. The summed E-state index contributed by atoms with van der Waals surface area (Å²) in [5, 5.41) is 4.42. The van der Waals surface area contributed by atoms with Gasteiger partial charge in [0.2, 0.25) is 0 Å². The second kappa shape index (κ2) is 10.0. The third-order valence-electron chi connectivity index (χ3n) is 3.21. The van der Waals surface area contributed by atoms with Crippen LogP contribution in [0.25, 0.3) is 0 Å². The molecule has 0 aliphatic rings. The molecular weight excluding hydrogens is 248 g/mol. The normalized spacial score (nSPS) is 13.1. The molecule has 0 saturated heterocycles. The molecular formula is C14H28O5. The largest absolute Gasteiger partial charge is 0.543 e. The predicted octanol–water partition coefficient (Wildman–Crippen LogP) is 4.41. The first-order valence-corrected chi connectivity index (χ1v) is 7.14. The van der Waals surface area contributed by atoms with Crippen molar-refractivity contribution in [2.45, 2.75) is 72.3 Å². The van der Waals surface area contributed by atoms with E-state index < -0.39 is 11.8 Å². The van der Waals surface area contributed by atoms with Crippen LogP contribution in [-0.2, 0) is 19.6 Å². The Morgan fingerprint density at radius 3 is 2.42 bits per heavy atom. The van der Waals surface area contributed by atoms with E-state index in [2.05, 4.69) is 23.8 Å². The minimum atomic E-state index is -0.881. The number of ether oxygens (including phenoxy) is 1. The zero-order valence-electron chi connectivity index (χ0n) is 12.9. The standard InChI is InChI=1S/C14H28O5/c1-6-9-10-12(7-2)11-16-19-18-13(15)17-14(4,5)8-3/h12H,6-11H2,1-5H3. The molecule has 19 heavy (non-hydrogen) atoms. The number of hydrogen-bond donors (Lipinski definition) is 0. The summed E-state index contributed by atoms with van der Waals surface area (Å²) >= 11 is 0. The molecule has 0 amide bonds. The minimum absolute atomic E-state index is 0.418. The monoisotopic (exact) mass is 276 g/mol. The highest BCUT2D eigenvalue weighted by molar-refractivity contribution is 5.59. The van der Waals surface area contributed by atoms with Gasteiger partial charge in [0.25, 0.3) is 0 Å². The fourth-order valence-corrected chi connectivity index (χ4v) is 1.39. The lowest BCUT2D eigenvalue weighted by Crippen LogP contribution is -2.27. The molecule has 0 radical (unpaired) electrons. The third-order valence-corrected chi connectivity index (χ3v) is 3.21. The van der Waals surface area contributed by atoms with Crippen LogP contribution in [0.4, 0.5) is 4.79 Å². The van der Waals surface area contributed by atoms with Gasteiger partial charge in [0.05, 0.1) is 6.61 Å². The smallest absolute Gasteiger partial charge is 0.426 e. The van der Waals surface area contributed by atoms with Crippen LogP contribution in [0.3, 0.4) is 0 Å². The molecule has 0 aliphatic carbocycles. The molecule has 1 atom stereocenters. The maximum absolute atomic E-state index is 11.3. The first kappa shape index (κ1) is 18.2. The molecule has 0 saturated carbocycles. The Labute approximate surface area is 116 Å². The van der Waals surface area contributed by atoms with Gasteiger partial charge in [-0.3, -0.25) is 0 Å². The van der Waals surface area contributed by atoms with Gasteiger partial charge in [-0.1, -0.05) is 40.0 Å². The molecule has 0 bridgehead atoms. The predicted molar refractivity (Wildman–Crippen MR) is 72.3 cm³/mol. The summed E-state index contributed by atoms with van der Waals surface area (Å²) in [6.07, 6.45) is 4.23. The molecule has 0 rings (SSSR count). The lowest BCUT2D eigenvalue weighted by molar-refractivity contribution is -0.490. The Bertz CT molecular complexity index is 240. The zero-order valence-corrected chi connectivity index (χ0v) is 12.9. The number of unbranched alkanes of at least 4 members (excludes halogenated alkanes) is 1. The van der Waals surface area contributed by atoms with E-state index in [0.717, 1.165) is 25.7 Å². The fourth-order valence-electron chi connectivity index (χ4n) is 1.39. The van der Waals surface area contributed by atoms with Crippen molar-refractivity contribution in [3.8, 4) is 0 Å². The SMILES string of the molecule is CCCCC(CC)COOOC(=O)OC(C)(C)CC. The van der Waals surface area contributed by atoms with Gasteiger partial charge in [0.15, 0.2) is 0 Å². The third kappa shape index (κ3) is 9.73. The Morgan fingerprint density at radius 1 is 1.21 bits per heavy atom. The molecule has 0 aromatic rings. The summed E-state index contributed by atoms with van der Waals surface area (Å²) < 4.78 is 5.02. The first-order chi connectivity index (χ1) is 8.95. The highest BCUT2D eigenvalue weighted by Gasteiger charge is 2.22. The van der Waals surface area contributed by atoms with E-state index in [0.29, 0.717) is 18.9 Å². The van der Waals surface area contributed by atoms with Crippen molar-refractivity contribution in [2.75, 3.05) is 6.61 Å². The van der Waals surface area contributed by atoms with Crippen molar-refractivity contribution in [3.63, 3.8) is 0 Å². The number of hydrogen-bond acceptors (Lipinski definition) is 5. The lowest BCUT2D eigenvalue weighted by atomic mass is 10.0. The fraction of sp³-hybridized carbons (Fsp3) is 0.929. The molecule has 0 aromatic heterocycles. The molecule has 0 aliphatic heterocycles. The zero-order chi connectivity index (χ0) is 14.7. The maximum Gasteiger partial charge on any atom is 0.543 e. The van der Waals surface area contributed by atoms with Crippen LogP contribution in [0.1, 0.15) is 66.7 Å². The van der Waals surface area contributed by atoms with Crippen molar-refractivity contribution in [2.24, 2.45) is 5.92 Å². The van der Waals surface area contributed by atoms with E-state index in [1.165, 1.54) is 0 Å². The molecule has 5 nitrogen and oxygen atoms in total. The van der Waals surface area contributed by atoms with Crippen LogP contribution < -0.4 is 0 Å². The summed E-state index contributed by atoms with van der Waals surface area (Å²) in [6, 6.07) is 0. The molecule has 0 heterocycles. The van der Waals surface area contributed by atoms with Crippen LogP contribution in [0.5, 0.6) is 0 Å². The summed E-state index contributed by atoms with van der Waals surface area (Å²) in [4.78, 5) is 20.5. The van der Waals surface area contributed by atoms with Crippen molar-refractivity contribution in [1.29, 1.82) is 0 Å². The van der Waals surface area contributed by atoms with Gasteiger partial charge in [0.1, 0.15) is 5.60 Å². The van der Waals surface area contributed by atoms with E-state index in [1.54, 1.807) is 13.8 Å². The van der Waals surface area contributed by atoms with Gasteiger partial charge in [0, 0.05) is 0 Å². The van der Waals surface area contributed by atoms with E-state index in [9.17, 15) is 4.79 Å². The van der Waals surface area contributed by atoms with Crippen LogP contribution in [-0.4, -0.2) is 18.4 Å². The van der Waals surface area contributed by atoms with E-state index in [1.807, 2.05) is 6.92 Å². The van der Waals surface area contributed by atoms with Crippen LogP contribution in [0, 0.1) is 5.92 Å². The Kier molecular flexibility index (Phi) is 9.61. The van der Waals surface area contributed by atoms with Gasteiger partial charge in [-0.05, 0) is 37.6 Å². The average molecular weight is 276 g/mol. The van der Waals surface area contributed by atoms with Crippen LogP contribution in [0.15, 0.2) is 0 Å². The summed E-state index contributed by atoms with van der Waals surface area (Å²) in [5.74, 6) is 0.423. The van der Waals surface area contributed by atoms with Gasteiger partial charge < -0.3 is 4.74 Å². The number of carbonyl (C=O) groups is 1. The average Bonchev–Trinajstić information content (AvgIpc) is 2.37. The molecule has 0 spiro atoms. The Morgan fingerprint density at radius 2 is 1.89 bits per heavy atom. The van der Waals surface area contributed by atoms with Crippen molar-refractivity contribution >= 4 is 6.16 Å². The summed E-state index contributed by atoms with van der Waals surface area (Å²) in [7, 11) is 0. The summed E-state index contributed by atoms with van der Waals surface area (Å²) in [5.41, 5.74) is -0.562. The topological polar surface area (TPSA) is 54.0 Å². The van der Waals surface area contributed by atoms with Crippen LogP contribution >= 0.6 is 0 Å².